The molecule has 0 spiro atoms. The van der Waals surface area contributed by atoms with Crippen LogP contribution in [-0.2, 0) is 10.0 Å². The number of sulfonamides is 1. The third-order valence-corrected chi connectivity index (χ3v) is 6.72. The molecule has 0 N–H and O–H groups in total. The minimum absolute atomic E-state index is 0.335. The Morgan fingerprint density at radius 1 is 1.16 bits per heavy atom. The summed E-state index contributed by atoms with van der Waals surface area (Å²) in [4.78, 5) is 0. The van der Waals surface area contributed by atoms with Crippen LogP contribution in [0.15, 0.2) is 38.3 Å². The van der Waals surface area contributed by atoms with Gasteiger partial charge in [-0.05, 0) is 53.5 Å². The van der Waals surface area contributed by atoms with Gasteiger partial charge in [0.1, 0.15) is 4.21 Å². The molecule has 0 fully saturated rings. The van der Waals surface area contributed by atoms with Gasteiger partial charge in [0.25, 0.3) is 10.0 Å². The second-order valence-corrected chi connectivity index (χ2v) is 8.98. The van der Waals surface area contributed by atoms with Gasteiger partial charge in [-0.15, -0.1) is 11.3 Å². The third kappa shape index (κ3) is 2.85. The zero-order chi connectivity index (χ0) is 14.2. The van der Waals surface area contributed by atoms with E-state index in [1.54, 1.807) is 19.2 Å². The Kier molecular flexibility index (Phi) is 4.03. The van der Waals surface area contributed by atoms with E-state index in [2.05, 4.69) is 15.9 Å². The molecule has 0 aliphatic heterocycles. The molecule has 19 heavy (non-hydrogen) atoms. The molecule has 6 heteroatoms. The van der Waals surface area contributed by atoms with Crippen molar-refractivity contribution < 1.29 is 8.42 Å². The highest BCUT2D eigenvalue weighted by Gasteiger charge is 2.24. The fourth-order valence-corrected chi connectivity index (χ4v) is 5.30. The van der Waals surface area contributed by atoms with Gasteiger partial charge in [-0.25, -0.2) is 8.42 Å². The van der Waals surface area contributed by atoms with E-state index in [-0.39, 0.29) is 0 Å². The number of anilines is 1. The highest BCUT2D eigenvalue weighted by atomic mass is 79.9. The van der Waals surface area contributed by atoms with Crippen molar-refractivity contribution >= 4 is 43.0 Å². The van der Waals surface area contributed by atoms with Gasteiger partial charge in [0.05, 0.1) is 9.47 Å². The number of thiophene rings is 1. The van der Waals surface area contributed by atoms with Crippen LogP contribution in [0.3, 0.4) is 0 Å². The highest BCUT2D eigenvalue weighted by molar-refractivity contribution is 9.11. The number of benzene rings is 1. The number of rotatable bonds is 3. The standard InChI is InChI=1S/C13H14BrNO2S2/c1-9-4-5-11(10(2)8-9)15(3)19(16,17)13-7-6-12(14)18-13/h4-8H,1-3H3. The quantitative estimate of drug-likeness (QED) is 0.831. The summed E-state index contributed by atoms with van der Waals surface area (Å²) >= 11 is 4.50. The van der Waals surface area contributed by atoms with Crippen molar-refractivity contribution in [3.05, 3.63) is 45.2 Å². The number of hydrogen-bond donors (Lipinski definition) is 0. The predicted octanol–water partition coefficient (Wildman–Crippen LogP) is 3.95. The minimum Gasteiger partial charge on any atom is -0.268 e. The minimum atomic E-state index is -3.48. The summed E-state index contributed by atoms with van der Waals surface area (Å²) in [6, 6.07) is 9.09. The van der Waals surface area contributed by atoms with E-state index in [9.17, 15) is 8.42 Å². The van der Waals surface area contributed by atoms with Gasteiger partial charge < -0.3 is 0 Å². The third-order valence-electron chi connectivity index (χ3n) is 2.85. The first-order valence-corrected chi connectivity index (χ1v) is 8.69. The van der Waals surface area contributed by atoms with Crippen LogP contribution in [0.25, 0.3) is 0 Å². The summed E-state index contributed by atoms with van der Waals surface area (Å²) in [6.07, 6.45) is 0. The van der Waals surface area contributed by atoms with Crippen molar-refractivity contribution in [3.63, 3.8) is 0 Å². The zero-order valence-electron chi connectivity index (χ0n) is 10.8. The SMILES string of the molecule is Cc1ccc(N(C)S(=O)(=O)c2ccc(Br)s2)c(C)c1. The molecule has 0 unspecified atom stereocenters. The Bertz CT molecular complexity index is 707. The van der Waals surface area contributed by atoms with E-state index >= 15 is 0 Å². The second kappa shape index (κ2) is 5.26. The molecule has 3 nitrogen and oxygen atoms in total. The van der Waals surface area contributed by atoms with Crippen LogP contribution in [-0.4, -0.2) is 15.5 Å². The maximum atomic E-state index is 12.5. The number of aryl methyl sites for hydroxylation is 2. The molecule has 1 aromatic carbocycles. The zero-order valence-corrected chi connectivity index (χ0v) is 14.1. The molecule has 2 rings (SSSR count). The molecule has 0 bridgehead atoms. The van der Waals surface area contributed by atoms with Crippen LogP contribution in [0.2, 0.25) is 0 Å². The van der Waals surface area contributed by atoms with E-state index in [1.807, 2.05) is 32.0 Å². The molecule has 0 aliphatic rings. The van der Waals surface area contributed by atoms with Gasteiger partial charge in [0.15, 0.2) is 0 Å². The lowest BCUT2D eigenvalue weighted by molar-refractivity contribution is 0.596. The first kappa shape index (κ1) is 14.6. The summed E-state index contributed by atoms with van der Waals surface area (Å²) in [7, 11) is -1.90. The van der Waals surface area contributed by atoms with Crippen molar-refractivity contribution in [1.82, 2.24) is 0 Å². The largest absolute Gasteiger partial charge is 0.273 e. The molecule has 0 aliphatic carbocycles. The Balaban J connectivity index is 2.46. The number of nitrogens with zero attached hydrogens (tertiary/aromatic N) is 1. The summed E-state index contributed by atoms with van der Waals surface area (Å²) < 4.78 is 27.5. The molecular formula is C13H14BrNO2S2. The van der Waals surface area contributed by atoms with Gasteiger partial charge in [-0.1, -0.05) is 17.7 Å². The van der Waals surface area contributed by atoms with Crippen LogP contribution < -0.4 is 4.31 Å². The Morgan fingerprint density at radius 2 is 1.84 bits per heavy atom. The summed E-state index contributed by atoms with van der Waals surface area (Å²) in [6.45, 7) is 3.90. The molecule has 2 aromatic rings. The van der Waals surface area contributed by atoms with Gasteiger partial charge in [0, 0.05) is 7.05 Å². The van der Waals surface area contributed by atoms with Crippen molar-refractivity contribution in [2.45, 2.75) is 18.1 Å². The molecular weight excluding hydrogens is 346 g/mol. The normalized spacial score (nSPS) is 11.6. The van der Waals surface area contributed by atoms with Gasteiger partial charge >= 0.3 is 0 Å². The van der Waals surface area contributed by atoms with Crippen molar-refractivity contribution in [1.29, 1.82) is 0 Å². The fraction of sp³-hybridized carbons (Fsp3) is 0.231. The maximum absolute atomic E-state index is 12.5. The monoisotopic (exact) mass is 359 g/mol. The molecule has 0 amide bonds. The molecule has 1 heterocycles. The Labute approximate surface area is 126 Å². The van der Waals surface area contributed by atoms with E-state index in [0.717, 1.165) is 14.9 Å². The van der Waals surface area contributed by atoms with Crippen LogP contribution in [0.4, 0.5) is 5.69 Å². The molecule has 0 atom stereocenters. The number of hydrogen-bond acceptors (Lipinski definition) is 3. The molecule has 1 aromatic heterocycles. The highest BCUT2D eigenvalue weighted by Crippen LogP contribution is 2.31. The van der Waals surface area contributed by atoms with Gasteiger partial charge in [-0.2, -0.15) is 0 Å². The van der Waals surface area contributed by atoms with E-state index < -0.39 is 10.0 Å². The molecule has 0 saturated carbocycles. The Morgan fingerprint density at radius 3 is 2.37 bits per heavy atom. The maximum Gasteiger partial charge on any atom is 0.273 e. The van der Waals surface area contributed by atoms with Crippen LogP contribution in [0, 0.1) is 13.8 Å². The molecule has 0 saturated heterocycles. The molecule has 102 valence electrons. The lowest BCUT2D eigenvalue weighted by Gasteiger charge is -2.20. The summed E-state index contributed by atoms with van der Waals surface area (Å²) in [5, 5.41) is 0. The van der Waals surface area contributed by atoms with Crippen molar-refractivity contribution in [2.75, 3.05) is 11.4 Å². The number of halogens is 1. The van der Waals surface area contributed by atoms with E-state index in [4.69, 9.17) is 0 Å². The lowest BCUT2D eigenvalue weighted by Crippen LogP contribution is -2.26. The summed E-state index contributed by atoms with van der Waals surface area (Å²) in [5.74, 6) is 0. The van der Waals surface area contributed by atoms with Crippen molar-refractivity contribution in [2.24, 2.45) is 0 Å². The first-order chi connectivity index (χ1) is 8.82. The second-order valence-electron chi connectivity index (χ2n) is 4.32. The molecule has 0 radical (unpaired) electrons. The van der Waals surface area contributed by atoms with Crippen LogP contribution in [0.5, 0.6) is 0 Å². The topological polar surface area (TPSA) is 37.4 Å². The lowest BCUT2D eigenvalue weighted by atomic mass is 10.1. The van der Waals surface area contributed by atoms with Gasteiger partial charge in [0.2, 0.25) is 0 Å². The smallest absolute Gasteiger partial charge is 0.268 e. The average molecular weight is 360 g/mol. The summed E-state index contributed by atoms with van der Waals surface area (Å²) in [5.41, 5.74) is 2.77. The van der Waals surface area contributed by atoms with Crippen molar-refractivity contribution in [3.8, 4) is 0 Å². The van der Waals surface area contributed by atoms with Gasteiger partial charge in [-0.3, -0.25) is 4.31 Å². The predicted molar refractivity (Wildman–Crippen MR) is 83.5 cm³/mol. The van der Waals surface area contributed by atoms with E-state index in [1.165, 1.54) is 15.6 Å². The van der Waals surface area contributed by atoms with Crippen LogP contribution in [0.1, 0.15) is 11.1 Å². The fourth-order valence-electron chi connectivity index (χ4n) is 1.86. The average Bonchev–Trinajstić information content (AvgIpc) is 2.76. The van der Waals surface area contributed by atoms with Crippen LogP contribution >= 0.6 is 27.3 Å². The Hall–Kier alpha value is -0.850. The van der Waals surface area contributed by atoms with E-state index in [0.29, 0.717) is 9.90 Å². The first-order valence-electron chi connectivity index (χ1n) is 5.64.